The Kier molecular flexibility index (Phi) is 3.53. The van der Waals surface area contributed by atoms with E-state index >= 15 is 0 Å². The summed E-state index contributed by atoms with van der Waals surface area (Å²) >= 11 is 0. The first-order chi connectivity index (χ1) is 4.06. The van der Waals surface area contributed by atoms with Crippen molar-refractivity contribution in [2.24, 2.45) is 0 Å². The second-order valence-corrected chi connectivity index (χ2v) is 1.34. The first-order valence-corrected chi connectivity index (χ1v) is 2.33. The van der Waals surface area contributed by atoms with Gasteiger partial charge in [0.15, 0.2) is 0 Å². The molecule has 0 aromatic carbocycles. The first-order valence-electron chi connectivity index (χ1n) is 2.33. The van der Waals surface area contributed by atoms with Crippen LogP contribution in [0.3, 0.4) is 0 Å². The highest BCUT2D eigenvalue weighted by Gasteiger charge is 2.28. The molecular formula is C4H6F4O. The summed E-state index contributed by atoms with van der Waals surface area (Å²) in [6, 6.07) is 0. The predicted octanol–water partition coefficient (Wildman–Crippen LogP) is 1.88. The van der Waals surface area contributed by atoms with Crippen LogP contribution in [-0.2, 0) is 4.74 Å². The van der Waals surface area contributed by atoms with E-state index in [9.17, 15) is 17.6 Å². The fourth-order valence-electron chi connectivity index (χ4n) is 0.242. The molecule has 1 nitrogen and oxygen atoms in total. The molecule has 0 amide bonds. The zero-order chi connectivity index (χ0) is 7.33. The van der Waals surface area contributed by atoms with Crippen molar-refractivity contribution in [3.8, 4) is 0 Å². The molecule has 0 heterocycles. The number of rotatable bonds is 3. The number of alkyl halides is 4. The van der Waals surface area contributed by atoms with E-state index in [1.807, 2.05) is 0 Å². The molecule has 9 heavy (non-hydrogen) atoms. The van der Waals surface area contributed by atoms with Gasteiger partial charge in [0.2, 0.25) is 0 Å². The van der Waals surface area contributed by atoms with Gasteiger partial charge in [-0.25, -0.2) is 0 Å². The van der Waals surface area contributed by atoms with E-state index in [-0.39, 0.29) is 6.42 Å². The van der Waals surface area contributed by atoms with Crippen molar-refractivity contribution in [3.05, 3.63) is 0 Å². The Bertz CT molecular complexity index is 69.5. The van der Waals surface area contributed by atoms with Gasteiger partial charge in [-0.2, -0.15) is 0 Å². The summed E-state index contributed by atoms with van der Waals surface area (Å²) in [5, 5.41) is 0. The lowest BCUT2D eigenvalue weighted by molar-refractivity contribution is -0.324. The van der Waals surface area contributed by atoms with Gasteiger partial charge in [-0.05, 0) is 6.42 Å². The molecule has 0 fully saturated rings. The van der Waals surface area contributed by atoms with Crippen molar-refractivity contribution < 1.29 is 22.3 Å². The molecule has 0 bridgehead atoms. The zero-order valence-corrected chi connectivity index (χ0v) is 4.54. The molecule has 0 atom stereocenters. The van der Waals surface area contributed by atoms with Crippen LogP contribution >= 0.6 is 0 Å². The Morgan fingerprint density at radius 3 is 2.11 bits per heavy atom. The summed E-state index contributed by atoms with van der Waals surface area (Å²) in [5.74, 6) is 0. The Labute approximate surface area is 49.6 Å². The van der Waals surface area contributed by atoms with Gasteiger partial charge in [-0.1, -0.05) is 0 Å². The van der Waals surface area contributed by atoms with E-state index in [4.69, 9.17) is 0 Å². The Morgan fingerprint density at radius 1 is 1.22 bits per heavy atom. The third-order valence-corrected chi connectivity index (χ3v) is 0.544. The molecule has 0 rings (SSSR count). The van der Waals surface area contributed by atoms with E-state index in [0.717, 1.165) is 0 Å². The van der Waals surface area contributed by atoms with Gasteiger partial charge < -0.3 is 0 Å². The standard InChI is InChI=1S/C4H6F4O/c5-2-1-3-9-4(6,7)8/h1-3H2. The van der Waals surface area contributed by atoms with Gasteiger partial charge >= 0.3 is 6.36 Å². The lowest BCUT2D eigenvalue weighted by atomic mass is 10.5. The van der Waals surface area contributed by atoms with Gasteiger partial charge in [0.1, 0.15) is 0 Å². The fraction of sp³-hybridized carbons (Fsp3) is 1.00. The minimum Gasteiger partial charge on any atom is -0.292 e. The molecule has 0 saturated carbocycles. The maximum absolute atomic E-state index is 11.1. The first kappa shape index (κ1) is 8.68. The molecule has 5 heteroatoms. The van der Waals surface area contributed by atoms with Gasteiger partial charge in [0.25, 0.3) is 0 Å². The largest absolute Gasteiger partial charge is 0.522 e. The smallest absolute Gasteiger partial charge is 0.292 e. The Balaban J connectivity index is 3.07. The Hall–Kier alpha value is -0.320. The van der Waals surface area contributed by atoms with Crippen LogP contribution in [0.2, 0.25) is 0 Å². The summed E-state index contributed by atoms with van der Waals surface area (Å²) in [5.41, 5.74) is 0. The van der Waals surface area contributed by atoms with Crippen molar-refractivity contribution in [3.63, 3.8) is 0 Å². The van der Waals surface area contributed by atoms with E-state index in [0.29, 0.717) is 0 Å². The number of hydrogen-bond acceptors (Lipinski definition) is 1. The Morgan fingerprint density at radius 2 is 1.78 bits per heavy atom. The van der Waals surface area contributed by atoms with Crippen LogP contribution in [0.25, 0.3) is 0 Å². The summed E-state index contributed by atoms with van der Waals surface area (Å²) in [4.78, 5) is 0. The molecule has 0 spiro atoms. The second kappa shape index (κ2) is 3.66. The molecule has 56 valence electrons. The minimum absolute atomic E-state index is 0.209. The summed E-state index contributed by atoms with van der Waals surface area (Å²) in [6.07, 6.45) is -4.82. The van der Waals surface area contributed by atoms with Crippen molar-refractivity contribution in [1.82, 2.24) is 0 Å². The summed E-state index contributed by atoms with van der Waals surface area (Å²) in [6.45, 7) is -1.38. The van der Waals surface area contributed by atoms with Crippen LogP contribution in [0.4, 0.5) is 17.6 Å². The summed E-state index contributed by atoms with van der Waals surface area (Å²) < 4.78 is 47.5. The number of halogens is 4. The molecule has 0 aromatic rings. The van der Waals surface area contributed by atoms with Crippen molar-refractivity contribution >= 4 is 0 Å². The lowest BCUT2D eigenvalue weighted by Crippen LogP contribution is -2.14. The molecular weight excluding hydrogens is 140 g/mol. The average molecular weight is 146 g/mol. The highest BCUT2D eigenvalue weighted by molar-refractivity contribution is 4.32. The average Bonchev–Trinajstić information content (AvgIpc) is 1.63. The maximum atomic E-state index is 11.1. The van der Waals surface area contributed by atoms with Crippen LogP contribution in [0, 0.1) is 0 Å². The summed E-state index contributed by atoms with van der Waals surface area (Å²) in [7, 11) is 0. The number of ether oxygens (including phenoxy) is 1. The van der Waals surface area contributed by atoms with Crippen LogP contribution in [0.15, 0.2) is 0 Å². The highest BCUT2D eigenvalue weighted by atomic mass is 19.4. The predicted molar refractivity (Wildman–Crippen MR) is 22.6 cm³/mol. The second-order valence-electron chi connectivity index (χ2n) is 1.34. The van der Waals surface area contributed by atoms with Crippen molar-refractivity contribution in [1.29, 1.82) is 0 Å². The van der Waals surface area contributed by atoms with E-state index in [1.165, 1.54) is 0 Å². The monoisotopic (exact) mass is 146 g/mol. The van der Waals surface area contributed by atoms with Gasteiger partial charge in [0, 0.05) is 0 Å². The van der Waals surface area contributed by atoms with Crippen molar-refractivity contribution in [2.45, 2.75) is 12.8 Å². The molecule has 0 aliphatic heterocycles. The third-order valence-electron chi connectivity index (χ3n) is 0.544. The zero-order valence-electron chi connectivity index (χ0n) is 4.54. The molecule has 0 unspecified atom stereocenters. The van der Waals surface area contributed by atoms with Crippen LogP contribution in [0.5, 0.6) is 0 Å². The third kappa shape index (κ3) is 7.68. The van der Waals surface area contributed by atoms with Gasteiger partial charge in [0.05, 0.1) is 13.3 Å². The van der Waals surface area contributed by atoms with Crippen LogP contribution in [0.1, 0.15) is 6.42 Å². The molecule has 0 aromatic heterocycles. The van der Waals surface area contributed by atoms with Crippen LogP contribution in [-0.4, -0.2) is 19.6 Å². The molecule has 0 radical (unpaired) electrons. The van der Waals surface area contributed by atoms with E-state index < -0.39 is 19.6 Å². The van der Waals surface area contributed by atoms with Crippen molar-refractivity contribution in [2.75, 3.05) is 13.3 Å². The van der Waals surface area contributed by atoms with Gasteiger partial charge in [-0.15, -0.1) is 13.2 Å². The minimum atomic E-state index is -4.62. The lowest BCUT2D eigenvalue weighted by Gasteiger charge is -2.04. The van der Waals surface area contributed by atoms with Gasteiger partial charge in [-0.3, -0.25) is 9.13 Å². The van der Waals surface area contributed by atoms with E-state index in [1.54, 1.807) is 0 Å². The molecule has 0 saturated heterocycles. The highest BCUT2D eigenvalue weighted by Crippen LogP contribution is 2.15. The van der Waals surface area contributed by atoms with E-state index in [2.05, 4.69) is 4.74 Å². The molecule has 0 N–H and O–H groups in total. The number of hydrogen-bond donors (Lipinski definition) is 0. The quantitative estimate of drug-likeness (QED) is 0.436. The SMILES string of the molecule is FCCCOC(F)(F)F. The molecule has 0 aliphatic rings. The fourth-order valence-corrected chi connectivity index (χ4v) is 0.242. The topological polar surface area (TPSA) is 9.23 Å². The normalized spacial score (nSPS) is 12.0. The molecule has 0 aliphatic carbocycles. The maximum Gasteiger partial charge on any atom is 0.522 e. The van der Waals surface area contributed by atoms with Crippen LogP contribution < -0.4 is 0 Å².